The van der Waals surface area contributed by atoms with Crippen molar-refractivity contribution in [2.75, 3.05) is 20.1 Å². The van der Waals surface area contributed by atoms with Gasteiger partial charge < -0.3 is 16.0 Å². The highest BCUT2D eigenvalue weighted by Crippen LogP contribution is 2.28. The number of amides is 1. The Morgan fingerprint density at radius 3 is 2.50 bits per heavy atom. The number of halogens is 1. The lowest BCUT2D eigenvalue weighted by Crippen LogP contribution is -2.42. The van der Waals surface area contributed by atoms with Crippen LogP contribution in [0.3, 0.4) is 0 Å². The van der Waals surface area contributed by atoms with Gasteiger partial charge in [-0.05, 0) is 30.0 Å². The fourth-order valence-corrected chi connectivity index (χ4v) is 2.13. The van der Waals surface area contributed by atoms with Gasteiger partial charge in [0, 0.05) is 26.2 Å². The summed E-state index contributed by atoms with van der Waals surface area (Å²) in [5.74, 6) is 1.10. The number of aliphatic imine (C=N–C) groups is 1. The summed E-state index contributed by atoms with van der Waals surface area (Å²) in [6, 6.07) is 6.47. The molecule has 3 N–H and O–H groups in total. The van der Waals surface area contributed by atoms with E-state index in [0.29, 0.717) is 25.0 Å². The molecule has 1 aliphatic carbocycles. The summed E-state index contributed by atoms with van der Waals surface area (Å²) in [4.78, 5) is 15.9. The number of guanidine groups is 1. The summed E-state index contributed by atoms with van der Waals surface area (Å²) in [6.45, 7) is 3.32. The molecular weight excluding hydrogens is 283 g/mol. The lowest BCUT2D eigenvalue weighted by Gasteiger charge is -2.12. The van der Waals surface area contributed by atoms with Gasteiger partial charge in [-0.25, -0.2) is 4.39 Å². The van der Waals surface area contributed by atoms with Crippen LogP contribution in [0.1, 0.15) is 18.9 Å². The SMILES string of the molecule is CN=C(NCCNC(=O)Cc1ccc(F)cc1)NC1CC1C. The minimum atomic E-state index is -0.294. The highest BCUT2D eigenvalue weighted by Gasteiger charge is 2.33. The maximum atomic E-state index is 12.8. The van der Waals surface area contributed by atoms with Gasteiger partial charge in [-0.1, -0.05) is 19.1 Å². The molecule has 6 heteroatoms. The first-order chi connectivity index (χ1) is 10.6. The van der Waals surface area contributed by atoms with Crippen LogP contribution < -0.4 is 16.0 Å². The lowest BCUT2D eigenvalue weighted by molar-refractivity contribution is -0.120. The van der Waals surface area contributed by atoms with Crippen molar-refractivity contribution in [3.05, 3.63) is 35.6 Å². The van der Waals surface area contributed by atoms with Crippen molar-refractivity contribution in [3.63, 3.8) is 0 Å². The molecule has 2 unspecified atom stereocenters. The largest absolute Gasteiger partial charge is 0.355 e. The fraction of sp³-hybridized carbons (Fsp3) is 0.500. The number of carbonyl (C=O) groups is 1. The molecule has 22 heavy (non-hydrogen) atoms. The Labute approximate surface area is 130 Å². The number of hydrogen-bond donors (Lipinski definition) is 3. The molecule has 0 radical (unpaired) electrons. The third kappa shape index (κ3) is 5.35. The topological polar surface area (TPSA) is 65.5 Å². The van der Waals surface area contributed by atoms with E-state index >= 15 is 0 Å². The smallest absolute Gasteiger partial charge is 0.224 e. The Bertz CT molecular complexity index is 529. The van der Waals surface area contributed by atoms with Crippen molar-refractivity contribution in [2.45, 2.75) is 25.8 Å². The summed E-state index contributed by atoms with van der Waals surface area (Å²) in [5.41, 5.74) is 0.798. The maximum absolute atomic E-state index is 12.8. The van der Waals surface area contributed by atoms with Crippen molar-refractivity contribution in [3.8, 4) is 0 Å². The number of benzene rings is 1. The quantitative estimate of drug-likeness (QED) is 0.418. The first-order valence-electron chi connectivity index (χ1n) is 7.57. The Morgan fingerprint density at radius 2 is 1.91 bits per heavy atom. The zero-order chi connectivity index (χ0) is 15.9. The first kappa shape index (κ1) is 16.3. The molecule has 1 fully saturated rings. The van der Waals surface area contributed by atoms with E-state index in [1.807, 2.05) is 0 Å². The molecule has 5 nitrogen and oxygen atoms in total. The normalized spacial score (nSPS) is 20.4. The second-order valence-electron chi connectivity index (χ2n) is 5.62. The van der Waals surface area contributed by atoms with Crippen molar-refractivity contribution >= 4 is 11.9 Å². The van der Waals surface area contributed by atoms with Crippen molar-refractivity contribution < 1.29 is 9.18 Å². The molecule has 0 heterocycles. The highest BCUT2D eigenvalue weighted by atomic mass is 19.1. The molecule has 0 bridgehead atoms. The molecule has 1 aliphatic rings. The molecule has 0 aliphatic heterocycles. The van der Waals surface area contributed by atoms with Crippen LogP contribution >= 0.6 is 0 Å². The second-order valence-corrected chi connectivity index (χ2v) is 5.62. The minimum Gasteiger partial charge on any atom is -0.355 e. The Balaban J connectivity index is 1.61. The van der Waals surface area contributed by atoms with Crippen LogP contribution in [0.4, 0.5) is 4.39 Å². The zero-order valence-electron chi connectivity index (χ0n) is 13.0. The molecular formula is C16H23FN4O. The van der Waals surface area contributed by atoms with Gasteiger partial charge in [-0.15, -0.1) is 0 Å². The Kier molecular flexibility index (Phi) is 5.75. The number of rotatable bonds is 6. The van der Waals surface area contributed by atoms with Crippen LogP contribution in [-0.2, 0) is 11.2 Å². The van der Waals surface area contributed by atoms with E-state index in [-0.39, 0.29) is 18.1 Å². The van der Waals surface area contributed by atoms with Gasteiger partial charge in [-0.3, -0.25) is 9.79 Å². The third-order valence-corrected chi connectivity index (χ3v) is 3.67. The van der Waals surface area contributed by atoms with Crippen molar-refractivity contribution in [1.82, 2.24) is 16.0 Å². The summed E-state index contributed by atoms with van der Waals surface area (Å²) in [7, 11) is 1.73. The monoisotopic (exact) mass is 306 g/mol. The highest BCUT2D eigenvalue weighted by molar-refractivity contribution is 5.80. The average molecular weight is 306 g/mol. The van der Waals surface area contributed by atoms with E-state index in [0.717, 1.165) is 11.5 Å². The fourth-order valence-electron chi connectivity index (χ4n) is 2.13. The summed E-state index contributed by atoms with van der Waals surface area (Å²) in [6.07, 6.45) is 1.43. The average Bonchev–Trinajstić information content (AvgIpc) is 3.20. The molecule has 0 spiro atoms. The molecule has 1 saturated carbocycles. The van der Waals surface area contributed by atoms with Gasteiger partial charge in [0.15, 0.2) is 5.96 Å². The van der Waals surface area contributed by atoms with E-state index in [4.69, 9.17) is 0 Å². The van der Waals surface area contributed by atoms with Crippen LogP contribution in [0.5, 0.6) is 0 Å². The molecule has 0 saturated heterocycles. The van der Waals surface area contributed by atoms with Gasteiger partial charge in [0.25, 0.3) is 0 Å². The van der Waals surface area contributed by atoms with E-state index in [9.17, 15) is 9.18 Å². The standard InChI is InChI=1S/C16H23FN4O/c1-11-9-14(11)21-16(18-2)20-8-7-19-15(22)10-12-3-5-13(17)6-4-12/h3-6,11,14H,7-10H2,1-2H3,(H,19,22)(H2,18,20,21). The Hall–Kier alpha value is -2.11. The first-order valence-corrected chi connectivity index (χ1v) is 7.57. The summed E-state index contributed by atoms with van der Waals surface area (Å²) >= 11 is 0. The Morgan fingerprint density at radius 1 is 1.27 bits per heavy atom. The van der Waals surface area contributed by atoms with Crippen LogP contribution in [0.25, 0.3) is 0 Å². The minimum absolute atomic E-state index is 0.0767. The van der Waals surface area contributed by atoms with Crippen LogP contribution in [-0.4, -0.2) is 38.0 Å². The summed E-state index contributed by atoms with van der Waals surface area (Å²) in [5, 5.41) is 9.30. The van der Waals surface area contributed by atoms with Gasteiger partial charge >= 0.3 is 0 Å². The van der Waals surface area contributed by atoms with Gasteiger partial charge in [0.05, 0.1) is 6.42 Å². The predicted octanol–water partition coefficient (Wildman–Crippen LogP) is 1.06. The number of hydrogen-bond acceptors (Lipinski definition) is 2. The zero-order valence-corrected chi connectivity index (χ0v) is 13.0. The van der Waals surface area contributed by atoms with Crippen molar-refractivity contribution in [1.29, 1.82) is 0 Å². The molecule has 120 valence electrons. The predicted molar refractivity (Wildman–Crippen MR) is 85.2 cm³/mol. The van der Waals surface area contributed by atoms with Crippen LogP contribution in [0.15, 0.2) is 29.3 Å². The van der Waals surface area contributed by atoms with E-state index < -0.39 is 0 Å². The maximum Gasteiger partial charge on any atom is 0.224 e. The van der Waals surface area contributed by atoms with Gasteiger partial charge in [0.1, 0.15) is 5.82 Å². The van der Waals surface area contributed by atoms with Crippen LogP contribution in [0, 0.1) is 11.7 Å². The second kappa shape index (κ2) is 7.77. The molecule has 2 atom stereocenters. The number of nitrogens with zero attached hydrogens (tertiary/aromatic N) is 1. The van der Waals surface area contributed by atoms with E-state index in [1.165, 1.54) is 18.6 Å². The van der Waals surface area contributed by atoms with E-state index in [1.54, 1.807) is 19.2 Å². The molecule has 1 amide bonds. The molecule has 2 rings (SSSR count). The molecule has 0 aromatic heterocycles. The van der Waals surface area contributed by atoms with Crippen LogP contribution in [0.2, 0.25) is 0 Å². The van der Waals surface area contributed by atoms with Crippen molar-refractivity contribution in [2.24, 2.45) is 10.9 Å². The number of nitrogens with one attached hydrogen (secondary N) is 3. The van der Waals surface area contributed by atoms with Gasteiger partial charge in [0.2, 0.25) is 5.91 Å². The lowest BCUT2D eigenvalue weighted by atomic mass is 10.1. The number of carbonyl (C=O) groups excluding carboxylic acids is 1. The van der Waals surface area contributed by atoms with E-state index in [2.05, 4.69) is 27.9 Å². The third-order valence-electron chi connectivity index (χ3n) is 3.67. The summed E-state index contributed by atoms with van der Waals surface area (Å²) < 4.78 is 12.8. The van der Waals surface area contributed by atoms with Gasteiger partial charge in [-0.2, -0.15) is 0 Å². The molecule has 1 aromatic rings. The molecule has 1 aromatic carbocycles.